The largest absolute Gasteiger partial charge is 0.313 e. The van der Waals surface area contributed by atoms with Crippen molar-refractivity contribution in [1.82, 2.24) is 5.32 Å². The molecule has 94 valence electrons. The molecule has 0 aliphatic heterocycles. The van der Waals surface area contributed by atoms with Crippen molar-refractivity contribution < 1.29 is 4.39 Å². The van der Waals surface area contributed by atoms with Crippen LogP contribution in [-0.2, 0) is 6.42 Å². The number of hydrogen-bond donors (Lipinski definition) is 1. The van der Waals surface area contributed by atoms with Gasteiger partial charge in [0.1, 0.15) is 5.82 Å². The van der Waals surface area contributed by atoms with E-state index in [0.29, 0.717) is 12.0 Å². The second-order valence-electron chi connectivity index (χ2n) is 5.43. The first-order valence-corrected chi connectivity index (χ1v) is 6.50. The average Bonchev–Trinajstić information content (AvgIpc) is 2.46. The Morgan fingerprint density at radius 1 is 1.35 bits per heavy atom. The second-order valence-corrected chi connectivity index (χ2v) is 5.43. The third kappa shape index (κ3) is 2.23. The predicted molar refractivity (Wildman–Crippen MR) is 69.8 cm³/mol. The van der Waals surface area contributed by atoms with Crippen molar-refractivity contribution in [1.29, 1.82) is 0 Å². The van der Waals surface area contributed by atoms with E-state index in [-0.39, 0.29) is 5.82 Å². The van der Waals surface area contributed by atoms with E-state index in [0.717, 1.165) is 24.0 Å². The van der Waals surface area contributed by atoms with Gasteiger partial charge in [0.2, 0.25) is 0 Å². The van der Waals surface area contributed by atoms with Gasteiger partial charge in [-0.25, -0.2) is 4.39 Å². The van der Waals surface area contributed by atoms with Crippen LogP contribution in [0.5, 0.6) is 0 Å². The fourth-order valence-corrected chi connectivity index (χ4v) is 3.05. The Kier molecular flexibility index (Phi) is 3.53. The van der Waals surface area contributed by atoms with Crippen molar-refractivity contribution >= 4 is 0 Å². The molecule has 0 saturated heterocycles. The molecule has 1 nitrogen and oxygen atoms in total. The molecule has 2 atom stereocenters. The molecule has 0 radical (unpaired) electrons. The molecule has 17 heavy (non-hydrogen) atoms. The standard InChI is InChI=1S/C15H22FN/c1-9-5-6-12-8-10(2)15(16)11(3)14(12)13(7-9)17-4/h8-9,13,17H,5-7H2,1-4H3. The van der Waals surface area contributed by atoms with E-state index in [2.05, 4.69) is 12.2 Å². The molecule has 0 amide bonds. The van der Waals surface area contributed by atoms with Crippen LogP contribution in [0.1, 0.15) is 48.1 Å². The minimum absolute atomic E-state index is 0.0291. The van der Waals surface area contributed by atoms with Gasteiger partial charge >= 0.3 is 0 Å². The van der Waals surface area contributed by atoms with Crippen LogP contribution in [0.15, 0.2) is 6.07 Å². The highest BCUT2D eigenvalue weighted by molar-refractivity contribution is 5.42. The zero-order valence-corrected chi connectivity index (χ0v) is 11.2. The molecule has 1 aliphatic carbocycles. The zero-order chi connectivity index (χ0) is 12.6. The van der Waals surface area contributed by atoms with Crippen LogP contribution in [0.3, 0.4) is 0 Å². The third-order valence-corrected chi connectivity index (χ3v) is 4.06. The Morgan fingerprint density at radius 2 is 2.06 bits per heavy atom. The van der Waals surface area contributed by atoms with Gasteiger partial charge in [0, 0.05) is 6.04 Å². The highest BCUT2D eigenvalue weighted by Gasteiger charge is 2.24. The molecule has 0 saturated carbocycles. The Morgan fingerprint density at radius 3 is 2.71 bits per heavy atom. The Labute approximate surface area is 103 Å². The molecule has 1 N–H and O–H groups in total. The van der Waals surface area contributed by atoms with Crippen molar-refractivity contribution in [2.45, 2.75) is 46.1 Å². The first-order valence-electron chi connectivity index (χ1n) is 6.50. The lowest BCUT2D eigenvalue weighted by Gasteiger charge is -2.22. The number of rotatable bonds is 1. The van der Waals surface area contributed by atoms with Crippen LogP contribution in [0.25, 0.3) is 0 Å². The van der Waals surface area contributed by atoms with Gasteiger partial charge in [-0.1, -0.05) is 13.0 Å². The molecule has 0 fully saturated rings. The van der Waals surface area contributed by atoms with Gasteiger partial charge in [0.05, 0.1) is 0 Å². The molecule has 0 heterocycles. The maximum atomic E-state index is 14.0. The summed E-state index contributed by atoms with van der Waals surface area (Å²) in [4.78, 5) is 0. The van der Waals surface area contributed by atoms with E-state index < -0.39 is 0 Å². The number of halogens is 1. The van der Waals surface area contributed by atoms with E-state index >= 15 is 0 Å². The van der Waals surface area contributed by atoms with E-state index in [9.17, 15) is 4.39 Å². The molecule has 0 spiro atoms. The summed E-state index contributed by atoms with van der Waals surface area (Å²) < 4.78 is 14.0. The van der Waals surface area contributed by atoms with Gasteiger partial charge in [-0.3, -0.25) is 0 Å². The fraction of sp³-hybridized carbons (Fsp3) is 0.600. The summed E-state index contributed by atoms with van der Waals surface area (Å²) in [7, 11) is 1.98. The van der Waals surface area contributed by atoms with Crippen LogP contribution in [0, 0.1) is 25.6 Å². The molecule has 1 aromatic rings. The second kappa shape index (κ2) is 4.77. The quantitative estimate of drug-likeness (QED) is 0.732. The summed E-state index contributed by atoms with van der Waals surface area (Å²) in [5.41, 5.74) is 4.17. The van der Waals surface area contributed by atoms with E-state index in [1.165, 1.54) is 17.5 Å². The Balaban J connectivity index is 2.56. The number of hydrogen-bond acceptors (Lipinski definition) is 1. The van der Waals surface area contributed by atoms with E-state index in [1.807, 2.05) is 27.0 Å². The summed E-state index contributed by atoms with van der Waals surface area (Å²) in [5.74, 6) is 0.668. The molecule has 1 aliphatic rings. The molecular weight excluding hydrogens is 213 g/mol. The Hall–Kier alpha value is -0.890. The van der Waals surface area contributed by atoms with E-state index in [1.54, 1.807) is 0 Å². The summed E-state index contributed by atoms with van der Waals surface area (Å²) >= 11 is 0. The zero-order valence-electron chi connectivity index (χ0n) is 11.2. The van der Waals surface area contributed by atoms with Crippen LogP contribution in [0.2, 0.25) is 0 Å². The highest BCUT2D eigenvalue weighted by atomic mass is 19.1. The molecule has 2 unspecified atom stereocenters. The molecule has 1 aromatic carbocycles. The van der Waals surface area contributed by atoms with Gasteiger partial charge in [-0.15, -0.1) is 0 Å². The molecule has 2 heteroatoms. The fourth-order valence-electron chi connectivity index (χ4n) is 3.05. The SMILES string of the molecule is CNC1CC(C)CCc2cc(C)c(F)c(C)c21. The highest BCUT2D eigenvalue weighted by Crippen LogP contribution is 2.35. The lowest BCUT2D eigenvalue weighted by atomic mass is 9.91. The first-order chi connectivity index (χ1) is 8.04. The predicted octanol–water partition coefficient (Wildman–Crippen LogP) is 3.68. The molecule has 2 rings (SSSR count). The molecular formula is C15H22FN. The van der Waals surface area contributed by atoms with Crippen molar-refractivity contribution in [2.75, 3.05) is 7.05 Å². The van der Waals surface area contributed by atoms with E-state index in [4.69, 9.17) is 0 Å². The number of fused-ring (bicyclic) bond motifs is 1. The number of nitrogens with one attached hydrogen (secondary N) is 1. The summed E-state index contributed by atoms with van der Waals surface area (Å²) in [6.07, 6.45) is 3.39. The van der Waals surface area contributed by atoms with Crippen molar-refractivity contribution in [2.24, 2.45) is 5.92 Å². The van der Waals surface area contributed by atoms with Crippen molar-refractivity contribution in [3.63, 3.8) is 0 Å². The average molecular weight is 235 g/mol. The van der Waals surface area contributed by atoms with Crippen LogP contribution in [0.4, 0.5) is 4.39 Å². The molecule has 0 bridgehead atoms. The maximum absolute atomic E-state index is 14.0. The maximum Gasteiger partial charge on any atom is 0.129 e. The number of aryl methyl sites for hydroxylation is 2. The minimum atomic E-state index is -0.0291. The van der Waals surface area contributed by atoms with Crippen LogP contribution < -0.4 is 5.32 Å². The normalized spacial score (nSPS) is 24.3. The minimum Gasteiger partial charge on any atom is -0.313 e. The van der Waals surface area contributed by atoms with Crippen LogP contribution >= 0.6 is 0 Å². The van der Waals surface area contributed by atoms with Crippen LogP contribution in [-0.4, -0.2) is 7.05 Å². The lowest BCUT2D eigenvalue weighted by molar-refractivity contribution is 0.426. The van der Waals surface area contributed by atoms with Gasteiger partial charge in [-0.2, -0.15) is 0 Å². The molecule has 0 aromatic heterocycles. The summed E-state index contributed by atoms with van der Waals surface area (Å²) in [6, 6.07) is 2.35. The Bertz CT molecular complexity index is 425. The monoisotopic (exact) mass is 235 g/mol. The van der Waals surface area contributed by atoms with Crippen molar-refractivity contribution in [3.05, 3.63) is 34.1 Å². The third-order valence-electron chi connectivity index (χ3n) is 4.06. The lowest BCUT2D eigenvalue weighted by Crippen LogP contribution is -2.20. The first kappa shape index (κ1) is 12.6. The number of benzene rings is 1. The van der Waals surface area contributed by atoms with Gasteiger partial charge in [0.15, 0.2) is 0 Å². The van der Waals surface area contributed by atoms with Gasteiger partial charge in [0.25, 0.3) is 0 Å². The summed E-state index contributed by atoms with van der Waals surface area (Å²) in [6.45, 7) is 6.07. The van der Waals surface area contributed by atoms with Crippen molar-refractivity contribution in [3.8, 4) is 0 Å². The van der Waals surface area contributed by atoms with Gasteiger partial charge < -0.3 is 5.32 Å². The smallest absolute Gasteiger partial charge is 0.129 e. The topological polar surface area (TPSA) is 12.0 Å². The van der Waals surface area contributed by atoms with Gasteiger partial charge in [-0.05, 0) is 68.3 Å². The summed E-state index contributed by atoms with van der Waals surface area (Å²) in [5, 5.41) is 3.35.